The van der Waals surface area contributed by atoms with E-state index in [2.05, 4.69) is 5.32 Å². The van der Waals surface area contributed by atoms with Crippen molar-refractivity contribution in [3.8, 4) is 0 Å². The highest BCUT2D eigenvalue weighted by molar-refractivity contribution is 7.91. The molecule has 1 aliphatic rings. The van der Waals surface area contributed by atoms with Crippen LogP contribution in [-0.2, 0) is 26.0 Å². The minimum absolute atomic E-state index is 0.0403. The van der Waals surface area contributed by atoms with Crippen LogP contribution < -0.4 is 5.32 Å². The Morgan fingerprint density at radius 3 is 2.48 bits per heavy atom. The van der Waals surface area contributed by atoms with Crippen molar-refractivity contribution in [3.63, 3.8) is 0 Å². The second kappa shape index (κ2) is 7.08. The molecule has 1 fully saturated rings. The van der Waals surface area contributed by atoms with Crippen LogP contribution in [0.1, 0.15) is 18.9 Å². The molecule has 1 aromatic carbocycles. The summed E-state index contributed by atoms with van der Waals surface area (Å²) in [5.74, 6) is -1.97. The third-order valence-electron chi connectivity index (χ3n) is 3.81. The van der Waals surface area contributed by atoms with Crippen LogP contribution in [0.5, 0.6) is 0 Å². The molecule has 1 atom stereocenters. The molecule has 1 aromatic rings. The lowest BCUT2D eigenvalue weighted by atomic mass is 10.2. The minimum atomic E-state index is -3.13. The summed E-state index contributed by atoms with van der Waals surface area (Å²) in [4.78, 5) is 25.5. The maximum atomic E-state index is 12.8. The van der Waals surface area contributed by atoms with Gasteiger partial charge < -0.3 is 10.2 Å². The van der Waals surface area contributed by atoms with Crippen molar-refractivity contribution in [1.29, 1.82) is 0 Å². The van der Waals surface area contributed by atoms with Gasteiger partial charge in [-0.1, -0.05) is 12.1 Å². The number of carbonyl (C=O) groups is 2. The molecule has 1 saturated heterocycles. The van der Waals surface area contributed by atoms with Crippen LogP contribution in [0, 0.1) is 5.82 Å². The van der Waals surface area contributed by atoms with Crippen LogP contribution in [0.15, 0.2) is 24.3 Å². The zero-order valence-electron chi connectivity index (χ0n) is 12.8. The Hall–Kier alpha value is -1.96. The van der Waals surface area contributed by atoms with Gasteiger partial charge in [0, 0.05) is 19.1 Å². The van der Waals surface area contributed by atoms with Gasteiger partial charge in [-0.05, 0) is 31.0 Å². The second-order valence-electron chi connectivity index (χ2n) is 5.46. The number of carbonyl (C=O) groups excluding carboxylic acids is 2. The smallest absolute Gasteiger partial charge is 0.312 e. The quantitative estimate of drug-likeness (QED) is 0.807. The SMILES string of the molecule is CCN(C(=O)C(=O)NCc1ccc(F)cc1)C1CCS(=O)(=O)C1. The van der Waals surface area contributed by atoms with E-state index in [0.29, 0.717) is 12.0 Å². The van der Waals surface area contributed by atoms with E-state index < -0.39 is 27.7 Å². The van der Waals surface area contributed by atoms with Crippen molar-refractivity contribution in [3.05, 3.63) is 35.6 Å². The molecule has 0 spiro atoms. The van der Waals surface area contributed by atoms with Crippen molar-refractivity contribution in [2.24, 2.45) is 0 Å². The third kappa shape index (κ3) is 4.51. The zero-order valence-corrected chi connectivity index (χ0v) is 13.6. The fourth-order valence-corrected chi connectivity index (χ4v) is 4.31. The molecule has 1 aliphatic heterocycles. The number of halogens is 1. The topological polar surface area (TPSA) is 83.6 Å². The average molecular weight is 342 g/mol. The Labute approximate surface area is 134 Å². The molecule has 0 aliphatic carbocycles. The summed E-state index contributed by atoms with van der Waals surface area (Å²) in [5, 5.41) is 2.48. The Morgan fingerprint density at radius 2 is 1.96 bits per heavy atom. The molecule has 0 radical (unpaired) electrons. The summed E-state index contributed by atoms with van der Waals surface area (Å²) in [5.41, 5.74) is 0.666. The molecule has 23 heavy (non-hydrogen) atoms. The van der Waals surface area contributed by atoms with Crippen LogP contribution in [0.2, 0.25) is 0 Å². The molecule has 2 rings (SSSR count). The van der Waals surface area contributed by atoms with E-state index in [1.165, 1.54) is 29.2 Å². The summed E-state index contributed by atoms with van der Waals surface area (Å²) in [6.07, 6.45) is 0.354. The van der Waals surface area contributed by atoms with E-state index in [-0.39, 0.29) is 30.4 Å². The van der Waals surface area contributed by atoms with E-state index >= 15 is 0 Å². The molecule has 1 unspecified atom stereocenters. The van der Waals surface area contributed by atoms with E-state index in [0.717, 1.165) is 0 Å². The summed E-state index contributed by atoms with van der Waals surface area (Å²) in [6.45, 7) is 2.07. The number of hydrogen-bond donors (Lipinski definition) is 1. The van der Waals surface area contributed by atoms with Crippen molar-refractivity contribution < 1.29 is 22.4 Å². The molecule has 6 nitrogen and oxygen atoms in total. The molecule has 1 N–H and O–H groups in total. The molecule has 8 heteroatoms. The Morgan fingerprint density at radius 1 is 1.30 bits per heavy atom. The van der Waals surface area contributed by atoms with E-state index in [1.54, 1.807) is 6.92 Å². The van der Waals surface area contributed by atoms with Gasteiger partial charge >= 0.3 is 11.8 Å². The van der Waals surface area contributed by atoms with Crippen molar-refractivity contribution in [1.82, 2.24) is 10.2 Å². The summed E-state index contributed by atoms with van der Waals surface area (Å²) >= 11 is 0. The number of benzene rings is 1. The lowest BCUT2D eigenvalue weighted by Crippen LogP contribution is -2.48. The molecular formula is C15H19FN2O4S. The largest absolute Gasteiger partial charge is 0.344 e. The number of nitrogens with zero attached hydrogens (tertiary/aromatic N) is 1. The number of hydrogen-bond acceptors (Lipinski definition) is 4. The summed E-state index contributed by atoms with van der Waals surface area (Å²) in [7, 11) is -3.13. The van der Waals surface area contributed by atoms with Gasteiger partial charge in [-0.25, -0.2) is 12.8 Å². The van der Waals surface area contributed by atoms with Gasteiger partial charge in [-0.15, -0.1) is 0 Å². The number of rotatable bonds is 4. The van der Waals surface area contributed by atoms with Crippen LogP contribution in [-0.4, -0.2) is 49.2 Å². The van der Waals surface area contributed by atoms with E-state index in [9.17, 15) is 22.4 Å². The normalized spacial score (nSPS) is 19.3. The van der Waals surface area contributed by atoms with Gasteiger partial charge in [0.15, 0.2) is 9.84 Å². The number of amides is 2. The van der Waals surface area contributed by atoms with Crippen LogP contribution in [0.4, 0.5) is 4.39 Å². The van der Waals surface area contributed by atoms with Crippen molar-refractivity contribution in [2.75, 3.05) is 18.1 Å². The highest BCUT2D eigenvalue weighted by Gasteiger charge is 2.35. The molecular weight excluding hydrogens is 323 g/mol. The third-order valence-corrected chi connectivity index (χ3v) is 5.56. The highest BCUT2D eigenvalue weighted by Crippen LogP contribution is 2.17. The van der Waals surface area contributed by atoms with Gasteiger partial charge in [0.05, 0.1) is 11.5 Å². The van der Waals surface area contributed by atoms with Crippen LogP contribution in [0.25, 0.3) is 0 Å². The fraction of sp³-hybridized carbons (Fsp3) is 0.467. The van der Waals surface area contributed by atoms with Gasteiger partial charge in [-0.3, -0.25) is 9.59 Å². The predicted octanol–water partition coefficient (Wildman–Crippen LogP) is 0.478. The fourth-order valence-electron chi connectivity index (χ4n) is 2.58. The number of sulfone groups is 1. The molecule has 0 aromatic heterocycles. The maximum absolute atomic E-state index is 12.8. The first-order valence-electron chi connectivity index (χ1n) is 7.36. The number of likely N-dealkylation sites (N-methyl/N-ethyl adjacent to an activating group) is 1. The van der Waals surface area contributed by atoms with Gasteiger partial charge in [0.25, 0.3) is 0 Å². The minimum Gasteiger partial charge on any atom is -0.344 e. The average Bonchev–Trinajstić information content (AvgIpc) is 2.87. The van der Waals surface area contributed by atoms with E-state index in [1.807, 2.05) is 0 Å². The Kier molecular flexibility index (Phi) is 5.35. The Balaban J connectivity index is 1.94. The standard InChI is InChI=1S/C15H19FN2O4S/c1-2-18(13-7-8-23(21,22)10-13)15(20)14(19)17-9-11-3-5-12(16)6-4-11/h3-6,13H,2,7-10H2,1H3,(H,17,19). The lowest BCUT2D eigenvalue weighted by Gasteiger charge is -2.26. The first kappa shape index (κ1) is 17.4. The monoisotopic (exact) mass is 342 g/mol. The molecule has 0 bridgehead atoms. The van der Waals surface area contributed by atoms with Crippen LogP contribution >= 0.6 is 0 Å². The highest BCUT2D eigenvalue weighted by atomic mass is 32.2. The molecule has 0 saturated carbocycles. The Bertz CT molecular complexity index is 688. The second-order valence-corrected chi connectivity index (χ2v) is 7.69. The lowest BCUT2D eigenvalue weighted by molar-refractivity contribution is -0.147. The van der Waals surface area contributed by atoms with Gasteiger partial charge in [0.1, 0.15) is 5.82 Å². The summed E-state index contributed by atoms with van der Waals surface area (Å²) < 4.78 is 35.8. The van der Waals surface area contributed by atoms with Gasteiger partial charge in [-0.2, -0.15) is 0 Å². The number of nitrogens with one attached hydrogen (secondary N) is 1. The first-order valence-corrected chi connectivity index (χ1v) is 9.18. The molecule has 2 amide bonds. The van der Waals surface area contributed by atoms with Crippen molar-refractivity contribution >= 4 is 21.7 Å². The molecule has 126 valence electrons. The summed E-state index contributed by atoms with van der Waals surface area (Å²) in [6, 6.07) is 5.12. The first-order chi connectivity index (χ1) is 10.8. The van der Waals surface area contributed by atoms with Gasteiger partial charge in [0.2, 0.25) is 0 Å². The van der Waals surface area contributed by atoms with Crippen molar-refractivity contribution in [2.45, 2.75) is 25.9 Å². The zero-order chi connectivity index (χ0) is 17.0. The molecule has 1 heterocycles. The van der Waals surface area contributed by atoms with Crippen LogP contribution in [0.3, 0.4) is 0 Å². The maximum Gasteiger partial charge on any atom is 0.312 e. The van der Waals surface area contributed by atoms with E-state index in [4.69, 9.17) is 0 Å². The predicted molar refractivity (Wildman–Crippen MR) is 82.7 cm³/mol.